The first-order valence-corrected chi connectivity index (χ1v) is 13.0. The van der Waals surface area contributed by atoms with E-state index in [0.717, 1.165) is 30.5 Å². The van der Waals surface area contributed by atoms with E-state index in [-0.39, 0.29) is 10.8 Å². The highest BCUT2D eigenvalue weighted by Crippen LogP contribution is 2.24. The Morgan fingerprint density at radius 2 is 1.79 bits per heavy atom. The molecule has 0 radical (unpaired) electrons. The van der Waals surface area contributed by atoms with Gasteiger partial charge < -0.3 is 5.32 Å². The summed E-state index contributed by atoms with van der Waals surface area (Å²) in [7, 11) is -3.51. The molecule has 8 nitrogen and oxygen atoms in total. The molecule has 176 valence electrons. The van der Waals surface area contributed by atoms with Gasteiger partial charge in [0.05, 0.1) is 10.4 Å². The minimum Gasteiger partial charge on any atom is -0.326 e. The first-order valence-electron chi connectivity index (χ1n) is 11.6. The molecule has 1 aliphatic rings. The zero-order valence-corrected chi connectivity index (χ0v) is 20.0. The highest BCUT2D eigenvalue weighted by molar-refractivity contribution is 7.89. The number of aromatic nitrogens is 3. The van der Waals surface area contributed by atoms with E-state index in [0.29, 0.717) is 43.9 Å². The Morgan fingerprint density at radius 1 is 1.06 bits per heavy atom. The Hall–Kier alpha value is -2.78. The van der Waals surface area contributed by atoms with Crippen molar-refractivity contribution in [3.8, 4) is 0 Å². The number of aryl methyl sites for hydroxylation is 1. The third-order valence-corrected chi connectivity index (χ3v) is 7.97. The Kier molecular flexibility index (Phi) is 7.09. The van der Waals surface area contributed by atoms with E-state index in [1.54, 1.807) is 27.2 Å². The molecule has 0 saturated carbocycles. The van der Waals surface area contributed by atoms with Crippen molar-refractivity contribution in [1.82, 2.24) is 19.3 Å². The number of piperidine rings is 1. The van der Waals surface area contributed by atoms with Gasteiger partial charge >= 0.3 is 0 Å². The molecular formula is C24H31N5O3S. The normalized spacial score (nSPS) is 15.2. The number of hydrogen-bond acceptors (Lipinski definition) is 5. The van der Waals surface area contributed by atoms with E-state index >= 15 is 0 Å². The molecule has 1 fully saturated rings. The van der Waals surface area contributed by atoms with Crippen LogP contribution in [-0.2, 0) is 21.4 Å². The van der Waals surface area contributed by atoms with Crippen molar-refractivity contribution >= 4 is 32.7 Å². The maximum atomic E-state index is 12.9. The zero-order chi connectivity index (χ0) is 23.4. The summed E-state index contributed by atoms with van der Waals surface area (Å²) in [5.41, 5.74) is 3.33. The lowest BCUT2D eigenvalue weighted by Gasteiger charge is -2.25. The van der Waals surface area contributed by atoms with Crippen LogP contribution in [0.2, 0.25) is 0 Å². The molecule has 1 amide bonds. The van der Waals surface area contributed by atoms with Gasteiger partial charge in [-0.15, -0.1) is 5.10 Å². The van der Waals surface area contributed by atoms with Gasteiger partial charge in [0.1, 0.15) is 5.52 Å². The van der Waals surface area contributed by atoms with Crippen LogP contribution in [0.15, 0.2) is 47.4 Å². The quantitative estimate of drug-likeness (QED) is 0.535. The number of anilines is 1. The van der Waals surface area contributed by atoms with Crippen LogP contribution in [0.25, 0.3) is 11.0 Å². The number of hydrogen-bond donors (Lipinski definition) is 1. The molecule has 1 saturated heterocycles. The number of carbonyl (C=O) groups excluding carboxylic acids is 1. The number of nitrogens with zero attached hydrogens (tertiary/aromatic N) is 4. The number of sulfonamides is 1. The monoisotopic (exact) mass is 469 g/mol. The molecule has 0 spiro atoms. The number of amides is 1. The second-order valence-corrected chi connectivity index (χ2v) is 10.8. The number of benzene rings is 2. The largest absolute Gasteiger partial charge is 0.326 e. The molecule has 1 aliphatic heterocycles. The van der Waals surface area contributed by atoms with Crippen molar-refractivity contribution in [1.29, 1.82) is 0 Å². The third kappa shape index (κ3) is 5.42. The molecule has 3 aromatic rings. The van der Waals surface area contributed by atoms with Gasteiger partial charge in [0, 0.05) is 31.7 Å². The van der Waals surface area contributed by atoms with Crippen LogP contribution in [0.3, 0.4) is 0 Å². The summed E-state index contributed by atoms with van der Waals surface area (Å²) in [6.45, 7) is 5.92. The van der Waals surface area contributed by atoms with E-state index in [2.05, 4.69) is 29.5 Å². The van der Waals surface area contributed by atoms with Gasteiger partial charge in [-0.3, -0.25) is 4.79 Å². The lowest BCUT2D eigenvalue weighted by atomic mass is 10.0. The molecule has 2 aromatic carbocycles. The van der Waals surface area contributed by atoms with Crippen LogP contribution in [0.5, 0.6) is 0 Å². The SMILES string of the molecule is CC(C)c1ccc(NC(=O)CCCn2nnc3cc(S(=O)(=O)N4CCCCC4)ccc32)cc1. The molecule has 1 N–H and O–H groups in total. The van der Waals surface area contributed by atoms with Crippen LogP contribution in [0.1, 0.15) is 57.4 Å². The molecule has 9 heteroatoms. The molecular weight excluding hydrogens is 438 g/mol. The maximum absolute atomic E-state index is 12.9. The molecule has 0 unspecified atom stereocenters. The van der Waals surface area contributed by atoms with Crippen LogP contribution in [0, 0.1) is 0 Å². The number of rotatable bonds is 8. The van der Waals surface area contributed by atoms with Gasteiger partial charge in [-0.2, -0.15) is 4.31 Å². The van der Waals surface area contributed by atoms with E-state index in [1.165, 1.54) is 5.56 Å². The summed E-state index contributed by atoms with van der Waals surface area (Å²) >= 11 is 0. The van der Waals surface area contributed by atoms with Gasteiger partial charge in [-0.25, -0.2) is 13.1 Å². The Labute approximate surface area is 195 Å². The van der Waals surface area contributed by atoms with Crippen molar-refractivity contribution in [3.63, 3.8) is 0 Å². The molecule has 0 atom stereocenters. The lowest BCUT2D eigenvalue weighted by molar-refractivity contribution is -0.116. The number of carbonyl (C=O) groups is 1. The zero-order valence-electron chi connectivity index (χ0n) is 19.2. The highest BCUT2D eigenvalue weighted by Gasteiger charge is 2.26. The van der Waals surface area contributed by atoms with Crippen molar-refractivity contribution < 1.29 is 13.2 Å². The summed E-state index contributed by atoms with van der Waals surface area (Å²) in [6, 6.07) is 12.9. The first kappa shape index (κ1) is 23.4. The van der Waals surface area contributed by atoms with E-state index in [9.17, 15) is 13.2 Å². The van der Waals surface area contributed by atoms with E-state index in [4.69, 9.17) is 0 Å². The average Bonchev–Trinajstić information content (AvgIpc) is 3.22. The summed E-state index contributed by atoms with van der Waals surface area (Å²) in [5.74, 6) is 0.403. The minimum absolute atomic E-state index is 0.0494. The smallest absolute Gasteiger partial charge is 0.243 e. The van der Waals surface area contributed by atoms with Gasteiger partial charge in [0.15, 0.2) is 0 Å². The first-order chi connectivity index (χ1) is 15.8. The second kappa shape index (κ2) is 10.0. The van der Waals surface area contributed by atoms with Crippen molar-refractivity contribution in [2.24, 2.45) is 0 Å². The standard InChI is InChI=1S/C24H31N5O3S/c1-18(2)19-8-10-20(11-9-19)25-24(30)7-6-16-29-23-13-12-21(17-22(23)26-27-29)33(31,32)28-14-4-3-5-15-28/h8-13,17-18H,3-7,14-16H2,1-2H3,(H,25,30). The Balaban J connectivity index is 1.35. The molecule has 1 aromatic heterocycles. The fourth-order valence-electron chi connectivity index (χ4n) is 4.10. The highest BCUT2D eigenvalue weighted by atomic mass is 32.2. The lowest BCUT2D eigenvalue weighted by Crippen LogP contribution is -2.35. The number of nitrogens with one attached hydrogen (secondary N) is 1. The van der Waals surface area contributed by atoms with E-state index in [1.807, 2.05) is 24.3 Å². The van der Waals surface area contributed by atoms with Gasteiger partial charge in [-0.1, -0.05) is 37.6 Å². The molecule has 2 heterocycles. The Bertz CT molecular complexity index is 1210. The average molecular weight is 470 g/mol. The van der Waals surface area contributed by atoms with Crippen LogP contribution in [0.4, 0.5) is 5.69 Å². The Morgan fingerprint density at radius 3 is 2.48 bits per heavy atom. The molecule has 0 aliphatic carbocycles. The summed E-state index contributed by atoms with van der Waals surface area (Å²) in [5, 5.41) is 11.2. The fourth-order valence-corrected chi connectivity index (χ4v) is 5.63. The summed E-state index contributed by atoms with van der Waals surface area (Å²) in [6.07, 6.45) is 3.82. The minimum atomic E-state index is -3.51. The predicted molar refractivity (Wildman–Crippen MR) is 129 cm³/mol. The predicted octanol–water partition coefficient (Wildman–Crippen LogP) is 4.15. The van der Waals surface area contributed by atoms with Crippen LogP contribution < -0.4 is 5.32 Å². The van der Waals surface area contributed by atoms with Gasteiger partial charge in [-0.05, 0) is 61.1 Å². The molecule has 33 heavy (non-hydrogen) atoms. The van der Waals surface area contributed by atoms with Crippen LogP contribution >= 0.6 is 0 Å². The fraction of sp³-hybridized carbons (Fsp3) is 0.458. The van der Waals surface area contributed by atoms with Crippen molar-refractivity contribution in [3.05, 3.63) is 48.0 Å². The summed E-state index contributed by atoms with van der Waals surface area (Å²) < 4.78 is 29.1. The van der Waals surface area contributed by atoms with Crippen molar-refractivity contribution in [2.45, 2.75) is 63.3 Å². The third-order valence-electron chi connectivity index (χ3n) is 6.07. The molecule has 0 bridgehead atoms. The second-order valence-electron chi connectivity index (χ2n) is 8.86. The topological polar surface area (TPSA) is 97.2 Å². The molecule has 4 rings (SSSR count). The van der Waals surface area contributed by atoms with Gasteiger partial charge in [0.25, 0.3) is 0 Å². The summed E-state index contributed by atoms with van der Waals surface area (Å²) in [4.78, 5) is 12.6. The van der Waals surface area contributed by atoms with Crippen LogP contribution in [-0.4, -0.2) is 46.7 Å². The van der Waals surface area contributed by atoms with Crippen molar-refractivity contribution in [2.75, 3.05) is 18.4 Å². The van der Waals surface area contributed by atoms with E-state index < -0.39 is 10.0 Å². The van der Waals surface area contributed by atoms with Gasteiger partial charge in [0.2, 0.25) is 15.9 Å². The maximum Gasteiger partial charge on any atom is 0.243 e. The number of fused-ring (bicyclic) bond motifs is 1.